The highest BCUT2D eigenvalue weighted by Gasteiger charge is 2.37. The number of amides is 1. The van der Waals surface area contributed by atoms with Gasteiger partial charge in [0.2, 0.25) is 5.91 Å². The number of carbonyl (C=O) groups is 1. The number of para-hydroxylation sites is 1. The molecule has 0 saturated carbocycles. The lowest BCUT2D eigenvalue weighted by atomic mass is 9.95. The molecule has 0 N–H and O–H groups in total. The van der Waals surface area contributed by atoms with E-state index in [1.54, 1.807) is 17.0 Å². The zero-order chi connectivity index (χ0) is 22.5. The Labute approximate surface area is 189 Å². The van der Waals surface area contributed by atoms with Gasteiger partial charge in [-0.15, -0.1) is 0 Å². The zero-order valence-electron chi connectivity index (χ0n) is 18.3. The van der Waals surface area contributed by atoms with Crippen LogP contribution in [-0.2, 0) is 21.2 Å². The van der Waals surface area contributed by atoms with Crippen molar-refractivity contribution >= 4 is 27.3 Å². The second-order valence-electron chi connectivity index (χ2n) is 8.72. The fraction of sp³-hybridized carbons (Fsp3) is 0.269. The van der Waals surface area contributed by atoms with Crippen molar-refractivity contribution in [3.05, 3.63) is 77.9 Å². The van der Waals surface area contributed by atoms with Gasteiger partial charge in [-0.2, -0.15) is 0 Å². The monoisotopic (exact) mass is 446 g/mol. The fourth-order valence-electron chi connectivity index (χ4n) is 4.68. The second kappa shape index (κ2) is 7.78. The van der Waals surface area contributed by atoms with Crippen LogP contribution in [0.2, 0.25) is 0 Å². The van der Waals surface area contributed by atoms with E-state index in [-0.39, 0.29) is 17.3 Å². The van der Waals surface area contributed by atoms with Crippen molar-refractivity contribution < 1.29 is 13.2 Å². The van der Waals surface area contributed by atoms with Crippen LogP contribution in [0.4, 0.5) is 11.4 Å². The van der Waals surface area contributed by atoms with Crippen molar-refractivity contribution in [1.29, 1.82) is 0 Å². The van der Waals surface area contributed by atoms with Crippen molar-refractivity contribution in [3.63, 3.8) is 0 Å². The molecule has 0 spiro atoms. The number of fused-ring (bicyclic) bond motifs is 4. The summed E-state index contributed by atoms with van der Waals surface area (Å²) in [5, 5.41) is 0. The third-order valence-electron chi connectivity index (χ3n) is 6.39. The molecule has 6 heteroatoms. The third-order valence-corrected chi connectivity index (χ3v) is 8.21. The first kappa shape index (κ1) is 20.8. The Morgan fingerprint density at radius 3 is 2.50 bits per heavy atom. The maximum absolute atomic E-state index is 13.6. The van der Waals surface area contributed by atoms with Crippen LogP contribution in [0.15, 0.2) is 71.6 Å². The Morgan fingerprint density at radius 2 is 1.69 bits per heavy atom. The summed E-state index contributed by atoms with van der Waals surface area (Å²) in [4.78, 5) is 15.4. The highest BCUT2D eigenvalue weighted by Crippen LogP contribution is 2.44. The number of hydrogen-bond acceptors (Lipinski definition) is 3. The zero-order valence-corrected chi connectivity index (χ0v) is 19.1. The molecule has 2 aliphatic heterocycles. The molecule has 3 aromatic rings. The Morgan fingerprint density at radius 1 is 0.938 bits per heavy atom. The van der Waals surface area contributed by atoms with E-state index in [1.165, 1.54) is 4.31 Å². The van der Waals surface area contributed by atoms with Crippen LogP contribution in [0.3, 0.4) is 0 Å². The second-order valence-corrected chi connectivity index (χ2v) is 10.5. The lowest BCUT2D eigenvalue weighted by molar-refractivity contribution is -0.117. The molecule has 5 rings (SSSR count). The summed E-state index contributed by atoms with van der Waals surface area (Å²) in [7, 11) is -3.85. The van der Waals surface area contributed by atoms with Gasteiger partial charge in [-0.3, -0.25) is 9.10 Å². The van der Waals surface area contributed by atoms with E-state index in [0.29, 0.717) is 23.7 Å². The molecule has 0 radical (unpaired) electrons. The summed E-state index contributed by atoms with van der Waals surface area (Å²) in [6.45, 7) is 4.60. The molecule has 164 valence electrons. The van der Waals surface area contributed by atoms with Crippen molar-refractivity contribution in [3.8, 4) is 11.1 Å². The van der Waals surface area contributed by atoms with Crippen molar-refractivity contribution in [2.24, 2.45) is 0 Å². The summed E-state index contributed by atoms with van der Waals surface area (Å²) in [5.74, 6) is 0.102. The van der Waals surface area contributed by atoms with Crippen molar-refractivity contribution in [2.45, 2.75) is 37.5 Å². The predicted molar refractivity (Wildman–Crippen MR) is 128 cm³/mol. The van der Waals surface area contributed by atoms with Gasteiger partial charge in [-0.05, 0) is 54.2 Å². The van der Waals surface area contributed by atoms with Gasteiger partial charge >= 0.3 is 0 Å². The van der Waals surface area contributed by atoms with Gasteiger partial charge in [-0.1, -0.05) is 56.3 Å². The molecule has 0 fully saturated rings. The number of nitrogens with zero attached hydrogens (tertiary/aromatic N) is 2. The lowest BCUT2D eigenvalue weighted by Gasteiger charge is -2.35. The molecule has 0 unspecified atom stereocenters. The molecule has 1 amide bonds. The van der Waals surface area contributed by atoms with E-state index in [0.717, 1.165) is 35.2 Å². The van der Waals surface area contributed by atoms with Crippen molar-refractivity contribution in [2.75, 3.05) is 22.3 Å². The summed E-state index contributed by atoms with van der Waals surface area (Å²) < 4.78 is 28.5. The molecule has 3 aromatic carbocycles. The number of hydrogen-bond donors (Lipinski definition) is 0. The standard InChI is InChI=1S/C26H26N2O3S/c1-18(2)20-13-14-24-22(16-20)21-10-4-6-12-25(21)32(30,31)28(24)17-26(29)27-15-7-9-19-8-3-5-11-23(19)27/h3-6,8,10-14,16,18H,7,9,15,17H2,1-2H3. The summed E-state index contributed by atoms with van der Waals surface area (Å²) >= 11 is 0. The fourth-order valence-corrected chi connectivity index (χ4v) is 6.32. The SMILES string of the molecule is CC(C)c1ccc2c(c1)-c1ccccc1S(=O)(=O)N2CC(=O)N1CCCc2ccccc21. The number of anilines is 2. The molecular weight excluding hydrogens is 420 g/mol. The number of benzene rings is 3. The minimum Gasteiger partial charge on any atom is -0.311 e. The Kier molecular flexibility index (Phi) is 5.05. The number of rotatable bonds is 3. The number of sulfonamides is 1. The van der Waals surface area contributed by atoms with E-state index in [9.17, 15) is 13.2 Å². The summed E-state index contributed by atoms with van der Waals surface area (Å²) in [6, 6.07) is 20.8. The molecule has 32 heavy (non-hydrogen) atoms. The van der Waals surface area contributed by atoms with Crippen LogP contribution >= 0.6 is 0 Å². The van der Waals surface area contributed by atoms with E-state index in [1.807, 2.05) is 48.5 Å². The average Bonchev–Trinajstić information content (AvgIpc) is 2.81. The molecule has 2 heterocycles. The lowest BCUT2D eigenvalue weighted by Crippen LogP contribution is -2.46. The summed E-state index contributed by atoms with van der Waals surface area (Å²) in [5.41, 5.74) is 5.25. The highest BCUT2D eigenvalue weighted by atomic mass is 32.2. The normalized spacial score (nSPS) is 16.3. The van der Waals surface area contributed by atoms with Crippen LogP contribution in [-0.4, -0.2) is 27.4 Å². The van der Waals surface area contributed by atoms with E-state index in [4.69, 9.17) is 0 Å². The molecule has 0 aliphatic carbocycles. The minimum absolute atomic E-state index is 0.209. The minimum atomic E-state index is -3.85. The van der Waals surface area contributed by atoms with E-state index < -0.39 is 10.0 Å². The maximum atomic E-state index is 13.6. The number of carbonyl (C=O) groups excluding carboxylic acids is 1. The van der Waals surface area contributed by atoms with Crippen LogP contribution in [0.1, 0.15) is 37.3 Å². The molecule has 2 aliphatic rings. The first-order chi connectivity index (χ1) is 15.4. The first-order valence-electron chi connectivity index (χ1n) is 11.0. The first-order valence-corrected chi connectivity index (χ1v) is 12.5. The average molecular weight is 447 g/mol. The van der Waals surface area contributed by atoms with Gasteiger partial charge in [0.05, 0.1) is 10.6 Å². The van der Waals surface area contributed by atoms with Gasteiger partial charge < -0.3 is 4.90 Å². The number of aryl methyl sites for hydroxylation is 1. The third kappa shape index (κ3) is 3.30. The van der Waals surface area contributed by atoms with Crippen LogP contribution in [0.5, 0.6) is 0 Å². The van der Waals surface area contributed by atoms with Gasteiger partial charge in [-0.25, -0.2) is 8.42 Å². The topological polar surface area (TPSA) is 57.7 Å². The Bertz CT molecular complexity index is 1310. The maximum Gasteiger partial charge on any atom is 0.265 e. The Balaban J connectivity index is 1.59. The van der Waals surface area contributed by atoms with Crippen LogP contribution in [0.25, 0.3) is 11.1 Å². The summed E-state index contributed by atoms with van der Waals surface area (Å²) in [6.07, 6.45) is 1.79. The largest absolute Gasteiger partial charge is 0.311 e. The molecule has 0 saturated heterocycles. The molecule has 5 nitrogen and oxygen atoms in total. The molecular formula is C26H26N2O3S. The smallest absolute Gasteiger partial charge is 0.265 e. The van der Waals surface area contributed by atoms with E-state index in [2.05, 4.69) is 19.9 Å². The predicted octanol–water partition coefficient (Wildman–Crippen LogP) is 4.97. The van der Waals surface area contributed by atoms with Crippen LogP contribution in [0, 0.1) is 0 Å². The van der Waals surface area contributed by atoms with E-state index >= 15 is 0 Å². The molecule has 0 aromatic heterocycles. The Hall–Kier alpha value is -3.12. The van der Waals surface area contributed by atoms with Crippen molar-refractivity contribution in [1.82, 2.24) is 0 Å². The van der Waals surface area contributed by atoms with Gasteiger partial charge in [0.1, 0.15) is 6.54 Å². The van der Waals surface area contributed by atoms with Gasteiger partial charge in [0.25, 0.3) is 10.0 Å². The van der Waals surface area contributed by atoms with Crippen LogP contribution < -0.4 is 9.21 Å². The quantitative estimate of drug-likeness (QED) is 0.571. The van der Waals surface area contributed by atoms with Gasteiger partial charge in [0.15, 0.2) is 0 Å². The molecule has 0 bridgehead atoms. The highest BCUT2D eigenvalue weighted by molar-refractivity contribution is 7.93. The molecule has 0 atom stereocenters. The van der Waals surface area contributed by atoms with Gasteiger partial charge in [0, 0.05) is 23.4 Å².